The highest BCUT2D eigenvalue weighted by atomic mass is 19.1. The molecule has 0 radical (unpaired) electrons. The van der Waals surface area contributed by atoms with Gasteiger partial charge in [0.2, 0.25) is 5.95 Å². The van der Waals surface area contributed by atoms with Gasteiger partial charge in [-0.2, -0.15) is 0 Å². The van der Waals surface area contributed by atoms with E-state index in [-0.39, 0.29) is 5.82 Å². The third-order valence-electron chi connectivity index (χ3n) is 3.50. The molecule has 3 nitrogen and oxygen atoms in total. The normalized spacial score (nSPS) is 16.3. The van der Waals surface area contributed by atoms with Gasteiger partial charge in [-0.1, -0.05) is 12.1 Å². The van der Waals surface area contributed by atoms with E-state index in [4.69, 9.17) is 0 Å². The lowest BCUT2D eigenvalue weighted by atomic mass is 10.1. The van der Waals surface area contributed by atoms with Crippen molar-refractivity contribution in [3.8, 4) is 0 Å². The minimum atomic E-state index is -0.185. The average molecular weight is 259 g/mol. The monoisotopic (exact) mass is 259 g/mol. The van der Waals surface area contributed by atoms with Gasteiger partial charge in [0.25, 0.3) is 0 Å². The van der Waals surface area contributed by atoms with Crippen LogP contribution in [0.5, 0.6) is 0 Å². The highest BCUT2D eigenvalue weighted by molar-refractivity contribution is 5.31. The molecule has 100 valence electrons. The topological polar surface area (TPSA) is 29.9 Å². The van der Waals surface area contributed by atoms with E-state index in [1.807, 2.05) is 24.5 Å². The van der Waals surface area contributed by atoms with E-state index in [2.05, 4.69) is 21.8 Å². The maximum absolute atomic E-state index is 12.9. The van der Waals surface area contributed by atoms with E-state index >= 15 is 0 Å². The summed E-state index contributed by atoms with van der Waals surface area (Å²) in [6.07, 6.45) is 7.17. The van der Waals surface area contributed by atoms with E-state index in [0.29, 0.717) is 12.1 Å². The summed E-state index contributed by atoms with van der Waals surface area (Å²) >= 11 is 0. The summed E-state index contributed by atoms with van der Waals surface area (Å²) in [5, 5.41) is 3.43. The molecule has 0 saturated heterocycles. The van der Waals surface area contributed by atoms with Crippen LogP contribution in [0.4, 0.5) is 10.3 Å². The van der Waals surface area contributed by atoms with Crippen molar-refractivity contribution in [2.45, 2.75) is 38.3 Å². The van der Waals surface area contributed by atoms with Gasteiger partial charge < -0.3 is 9.88 Å². The van der Waals surface area contributed by atoms with Gasteiger partial charge in [-0.05, 0) is 43.9 Å². The number of rotatable bonds is 5. The van der Waals surface area contributed by atoms with Gasteiger partial charge >= 0.3 is 0 Å². The van der Waals surface area contributed by atoms with E-state index < -0.39 is 0 Å². The van der Waals surface area contributed by atoms with Crippen molar-refractivity contribution < 1.29 is 4.39 Å². The molecule has 1 N–H and O–H groups in total. The number of nitrogens with zero attached hydrogens (tertiary/aromatic N) is 2. The first-order chi connectivity index (χ1) is 9.22. The molecule has 1 saturated carbocycles. The van der Waals surface area contributed by atoms with Crippen LogP contribution in [0.25, 0.3) is 0 Å². The molecule has 1 atom stereocenters. The molecule has 0 bridgehead atoms. The second-order valence-electron chi connectivity index (χ2n) is 5.26. The third kappa shape index (κ3) is 2.95. The van der Waals surface area contributed by atoms with Crippen molar-refractivity contribution in [1.82, 2.24) is 9.55 Å². The third-order valence-corrected chi connectivity index (χ3v) is 3.50. The molecule has 0 aliphatic heterocycles. The van der Waals surface area contributed by atoms with Crippen LogP contribution < -0.4 is 5.32 Å². The maximum Gasteiger partial charge on any atom is 0.203 e. The van der Waals surface area contributed by atoms with Crippen LogP contribution in [-0.4, -0.2) is 15.6 Å². The molecule has 1 aliphatic rings. The van der Waals surface area contributed by atoms with Crippen molar-refractivity contribution in [3.05, 3.63) is 48.0 Å². The maximum atomic E-state index is 12.9. The SMILES string of the molecule is CC(Cc1ccc(F)cc1)n1ccnc1NC1CC1. The molecule has 1 aliphatic carbocycles. The summed E-state index contributed by atoms with van der Waals surface area (Å²) < 4.78 is 15.0. The fourth-order valence-electron chi connectivity index (χ4n) is 2.25. The van der Waals surface area contributed by atoms with Gasteiger partial charge in [0, 0.05) is 24.5 Å². The van der Waals surface area contributed by atoms with Gasteiger partial charge in [-0.3, -0.25) is 0 Å². The molecule has 0 spiro atoms. The van der Waals surface area contributed by atoms with Crippen LogP contribution in [0.1, 0.15) is 31.4 Å². The van der Waals surface area contributed by atoms with Crippen LogP contribution >= 0.6 is 0 Å². The Morgan fingerprint density at radius 3 is 2.79 bits per heavy atom. The summed E-state index contributed by atoms with van der Waals surface area (Å²) in [5.41, 5.74) is 1.14. The highest BCUT2D eigenvalue weighted by Gasteiger charge is 2.23. The van der Waals surface area contributed by atoms with Crippen LogP contribution in [-0.2, 0) is 6.42 Å². The minimum absolute atomic E-state index is 0.185. The quantitative estimate of drug-likeness (QED) is 0.892. The average Bonchev–Trinajstić information content (AvgIpc) is 3.08. The smallest absolute Gasteiger partial charge is 0.203 e. The van der Waals surface area contributed by atoms with Gasteiger partial charge in [-0.15, -0.1) is 0 Å². The lowest BCUT2D eigenvalue weighted by Gasteiger charge is -2.17. The van der Waals surface area contributed by atoms with Crippen LogP contribution in [0, 0.1) is 5.82 Å². The van der Waals surface area contributed by atoms with Crippen molar-refractivity contribution in [1.29, 1.82) is 0 Å². The predicted molar refractivity (Wildman–Crippen MR) is 73.7 cm³/mol. The Morgan fingerprint density at radius 1 is 1.37 bits per heavy atom. The lowest BCUT2D eigenvalue weighted by molar-refractivity contribution is 0.547. The molecule has 1 unspecified atom stereocenters. The largest absolute Gasteiger partial charge is 0.353 e. The summed E-state index contributed by atoms with van der Waals surface area (Å²) in [6.45, 7) is 2.16. The van der Waals surface area contributed by atoms with Crippen LogP contribution in [0.2, 0.25) is 0 Å². The van der Waals surface area contributed by atoms with E-state index in [9.17, 15) is 4.39 Å². The molecule has 1 aromatic heterocycles. The number of hydrogen-bond acceptors (Lipinski definition) is 2. The minimum Gasteiger partial charge on any atom is -0.353 e. The number of nitrogens with one attached hydrogen (secondary N) is 1. The number of anilines is 1. The zero-order chi connectivity index (χ0) is 13.2. The number of imidazole rings is 1. The van der Waals surface area contributed by atoms with Gasteiger partial charge in [0.15, 0.2) is 0 Å². The molecule has 1 heterocycles. The first kappa shape index (κ1) is 12.2. The fraction of sp³-hybridized carbons (Fsp3) is 0.400. The van der Waals surface area contributed by atoms with Gasteiger partial charge in [0.05, 0.1) is 0 Å². The Morgan fingerprint density at radius 2 is 2.11 bits per heavy atom. The molecule has 2 aromatic rings. The van der Waals surface area contributed by atoms with Crippen molar-refractivity contribution >= 4 is 5.95 Å². The van der Waals surface area contributed by atoms with Crippen molar-refractivity contribution in [2.75, 3.05) is 5.32 Å². The summed E-state index contributed by atoms with van der Waals surface area (Å²) in [4.78, 5) is 4.37. The molecular weight excluding hydrogens is 241 g/mol. The summed E-state index contributed by atoms with van der Waals surface area (Å²) in [5.74, 6) is 0.757. The molecule has 0 amide bonds. The summed E-state index contributed by atoms with van der Waals surface area (Å²) in [6, 6.07) is 7.61. The Hall–Kier alpha value is -1.84. The second kappa shape index (κ2) is 5.03. The number of aromatic nitrogens is 2. The van der Waals surface area contributed by atoms with Gasteiger partial charge in [-0.25, -0.2) is 9.37 Å². The predicted octanol–water partition coefficient (Wildman–Crippen LogP) is 3.40. The molecule has 1 aromatic carbocycles. The Balaban J connectivity index is 1.70. The first-order valence-corrected chi connectivity index (χ1v) is 6.76. The molecule has 1 fully saturated rings. The van der Waals surface area contributed by atoms with E-state index in [1.165, 1.54) is 25.0 Å². The Labute approximate surface area is 112 Å². The highest BCUT2D eigenvalue weighted by Crippen LogP contribution is 2.26. The molecule has 4 heteroatoms. The number of benzene rings is 1. The van der Waals surface area contributed by atoms with Crippen LogP contribution in [0.15, 0.2) is 36.7 Å². The first-order valence-electron chi connectivity index (χ1n) is 6.76. The van der Waals surface area contributed by atoms with E-state index in [0.717, 1.165) is 17.9 Å². The standard InChI is InChI=1S/C15H18FN3/c1-11(10-12-2-4-13(16)5-3-12)19-9-8-17-15(19)18-14-6-7-14/h2-5,8-9,11,14H,6-7,10H2,1H3,(H,17,18). The summed E-state index contributed by atoms with van der Waals surface area (Å²) in [7, 11) is 0. The fourth-order valence-corrected chi connectivity index (χ4v) is 2.25. The second-order valence-corrected chi connectivity index (χ2v) is 5.26. The molecule has 3 rings (SSSR count). The van der Waals surface area contributed by atoms with E-state index in [1.54, 1.807) is 0 Å². The van der Waals surface area contributed by atoms with Crippen molar-refractivity contribution in [2.24, 2.45) is 0 Å². The molecular formula is C15H18FN3. The number of halogens is 1. The van der Waals surface area contributed by atoms with Gasteiger partial charge in [0.1, 0.15) is 5.82 Å². The zero-order valence-electron chi connectivity index (χ0n) is 11.0. The lowest BCUT2D eigenvalue weighted by Crippen LogP contribution is -2.13. The Bertz CT molecular complexity index is 543. The van der Waals surface area contributed by atoms with Crippen molar-refractivity contribution in [3.63, 3.8) is 0 Å². The zero-order valence-corrected chi connectivity index (χ0v) is 11.0. The van der Waals surface area contributed by atoms with Crippen LogP contribution in [0.3, 0.4) is 0 Å². The Kier molecular flexibility index (Phi) is 3.23. The molecule has 19 heavy (non-hydrogen) atoms. The number of hydrogen-bond donors (Lipinski definition) is 1.